The lowest BCUT2D eigenvalue weighted by Gasteiger charge is -2.35. The topological polar surface area (TPSA) is 70.5 Å². The van der Waals surface area contributed by atoms with Crippen molar-refractivity contribution in [1.82, 2.24) is 20.0 Å². The van der Waals surface area contributed by atoms with Crippen LogP contribution in [0.15, 0.2) is 36.7 Å². The molecular weight excluding hydrogens is 330 g/mol. The Bertz CT molecular complexity index is 767. The maximum atomic E-state index is 12.6. The largest absolute Gasteiger partial charge is 0.334 e. The molecular formula is C19H25N5O2. The molecule has 1 aliphatic rings. The van der Waals surface area contributed by atoms with Crippen LogP contribution in [0.25, 0.3) is 0 Å². The summed E-state index contributed by atoms with van der Waals surface area (Å²) in [6.07, 6.45) is 3.56. The summed E-state index contributed by atoms with van der Waals surface area (Å²) in [7, 11) is 0. The predicted octanol–water partition coefficient (Wildman–Crippen LogP) is 1.95. The number of benzene rings is 1. The van der Waals surface area contributed by atoms with Gasteiger partial charge in [-0.05, 0) is 50.1 Å². The molecule has 2 heterocycles. The van der Waals surface area contributed by atoms with Crippen molar-refractivity contribution in [1.29, 1.82) is 0 Å². The first kappa shape index (κ1) is 18.0. The zero-order chi connectivity index (χ0) is 18.7. The summed E-state index contributed by atoms with van der Waals surface area (Å²) in [5.41, 5.74) is 3.15. The van der Waals surface area contributed by atoms with E-state index in [1.165, 1.54) is 0 Å². The molecule has 0 aliphatic carbocycles. The molecule has 0 unspecified atom stereocenters. The van der Waals surface area contributed by atoms with Gasteiger partial charge in [-0.15, -0.1) is 0 Å². The third-order valence-electron chi connectivity index (χ3n) is 4.42. The first-order valence-corrected chi connectivity index (χ1v) is 8.84. The van der Waals surface area contributed by atoms with Gasteiger partial charge in [-0.1, -0.05) is 6.07 Å². The minimum absolute atomic E-state index is 0.0591. The molecule has 0 bridgehead atoms. The van der Waals surface area contributed by atoms with E-state index < -0.39 is 0 Å². The average Bonchev–Trinajstić information content (AvgIpc) is 3.06. The van der Waals surface area contributed by atoms with Crippen LogP contribution in [0.2, 0.25) is 0 Å². The fourth-order valence-electron chi connectivity index (χ4n) is 3.26. The van der Waals surface area contributed by atoms with E-state index in [1.807, 2.05) is 45.2 Å². The van der Waals surface area contributed by atoms with Crippen LogP contribution in [0.5, 0.6) is 0 Å². The van der Waals surface area contributed by atoms with E-state index in [9.17, 15) is 9.59 Å². The number of rotatable bonds is 4. The second kappa shape index (κ2) is 7.59. The molecule has 3 amide bonds. The maximum absolute atomic E-state index is 12.6. The molecule has 1 aromatic heterocycles. The minimum Gasteiger partial charge on any atom is -0.334 e. The molecule has 1 aromatic carbocycles. The maximum Gasteiger partial charge on any atom is 0.318 e. The summed E-state index contributed by atoms with van der Waals surface area (Å²) in [4.78, 5) is 28.3. The zero-order valence-electron chi connectivity index (χ0n) is 15.5. The van der Waals surface area contributed by atoms with Crippen LogP contribution >= 0.6 is 0 Å². The standard InChI is InChI=1S/C19H25N5O2/c1-14-9-15(2)11-17(10-14)24-8-7-22(13-18(24)25)19(26)21-16(3)12-23-6-4-5-20-23/h4-6,9-11,16H,7-8,12-13H2,1-3H3,(H,21,26)/t16-/m0/s1. The van der Waals surface area contributed by atoms with Gasteiger partial charge >= 0.3 is 6.03 Å². The highest BCUT2D eigenvalue weighted by Crippen LogP contribution is 2.21. The number of carbonyl (C=O) groups is 2. The van der Waals surface area contributed by atoms with Crippen molar-refractivity contribution in [3.05, 3.63) is 47.8 Å². The number of hydrogen-bond acceptors (Lipinski definition) is 3. The van der Waals surface area contributed by atoms with Gasteiger partial charge in [0.05, 0.1) is 6.54 Å². The quantitative estimate of drug-likeness (QED) is 0.911. The van der Waals surface area contributed by atoms with Gasteiger partial charge in [0.1, 0.15) is 6.54 Å². The van der Waals surface area contributed by atoms with Crippen LogP contribution in [0, 0.1) is 13.8 Å². The monoisotopic (exact) mass is 355 g/mol. The molecule has 7 heteroatoms. The number of nitrogens with one attached hydrogen (secondary N) is 1. The summed E-state index contributed by atoms with van der Waals surface area (Å²) in [6, 6.07) is 7.66. The number of aromatic nitrogens is 2. The number of hydrogen-bond donors (Lipinski definition) is 1. The van der Waals surface area contributed by atoms with E-state index in [2.05, 4.69) is 16.5 Å². The fourth-order valence-corrected chi connectivity index (χ4v) is 3.26. The number of aryl methyl sites for hydroxylation is 2. The molecule has 1 N–H and O–H groups in total. The number of anilines is 1. The summed E-state index contributed by atoms with van der Waals surface area (Å²) in [6.45, 7) is 7.66. The van der Waals surface area contributed by atoms with Crippen molar-refractivity contribution in [3.8, 4) is 0 Å². The Kier molecular flexibility index (Phi) is 5.25. The van der Waals surface area contributed by atoms with E-state index >= 15 is 0 Å². The third-order valence-corrected chi connectivity index (χ3v) is 4.42. The first-order chi connectivity index (χ1) is 12.4. The molecule has 0 radical (unpaired) electrons. The summed E-state index contributed by atoms with van der Waals surface area (Å²) < 4.78 is 1.77. The van der Waals surface area contributed by atoms with Crippen LogP contribution < -0.4 is 10.2 Å². The number of nitrogens with zero attached hydrogens (tertiary/aromatic N) is 4. The number of amides is 3. The number of piperazine rings is 1. The lowest BCUT2D eigenvalue weighted by molar-refractivity contribution is -0.120. The third kappa shape index (κ3) is 4.22. The minimum atomic E-state index is -0.210. The molecule has 7 nitrogen and oxygen atoms in total. The summed E-state index contributed by atoms with van der Waals surface area (Å²) >= 11 is 0. The molecule has 2 aromatic rings. The van der Waals surface area contributed by atoms with Crippen LogP contribution in [0.1, 0.15) is 18.1 Å². The van der Waals surface area contributed by atoms with Gasteiger partial charge in [0.2, 0.25) is 5.91 Å². The average molecular weight is 355 g/mol. The number of carbonyl (C=O) groups excluding carboxylic acids is 2. The molecule has 138 valence electrons. The lowest BCUT2D eigenvalue weighted by Crippen LogP contribution is -2.56. The Labute approximate surface area is 153 Å². The molecule has 26 heavy (non-hydrogen) atoms. The van der Waals surface area contributed by atoms with Gasteiger partial charge in [0.15, 0.2) is 0 Å². The lowest BCUT2D eigenvalue weighted by atomic mass is 10.1. The Morgan fingerprint density at radius 2 is 1.96 bits per heavy atom. The van der Waals surface area contributed by atoms with Gasteiger partial charge in [-0.3, -0.25) is 9.48 Å². The fraction of sp³-hybridized carbons (Fsp3) is 0.421. The normalized spacial score (nSPS) is 15.9. The van der Waals surface area contributed by atoms with Gasteiger partial charge in [0.25, 0.3) is 0 Å². The first-order valence-electron chi connectivity index (χ1n) is 8.84. The Morgan fingerprint density at radius 1 is 1.23 bits per heavy atom. The smallest absolute Gasteiger partial charge is 0.318 e. The Balaban J connectivity index is 1.57. The van der Waals surface area contributed by atoms with Crippen molar-refractivity contribution in [2.45, 2.75) is 33.4 Å². The molecule has 1 atom stereocenters. The second-order valence-electron chi connectivity index (χ2n) is 6.89. The van der Waals surface area contributed by atoms with Crippen LogP contribution in [-0.4, -0.2) is 52.3 Å². The van der Waals surface area contributed by atoms with Gasteiger partial charge in [-0.25, -0.2) is 4.79 Å². The van der Waals surface area contributed by atoms with Crippen molar-refractivity contribution in [2.75, 3.05) is 24.5 Å². The van der Waals surface area contributed by atoms with Crippen molar-refractivity contribution >= 4 is 17.6 Å². The summed E-state index contributed by atoms with van der Waals surface area (Å²) in [5.74, 6) is -0.0591. The van der Waals surface area contributed by atoms with Gasteiger partial charge in [-0.2, -0.15) is 5.10 Å². The SMILES string of the molecule is Cc1cc(C)cc(N2CCN(C(=O)N[C@@H](C)Cn3cccn3)CC2=O)c1. The second-order valence-corrected chi connectivity index (χ2v) is 6.89. The van der Waals surface area contributed by atoms with Crippen molar-refractivity contribution in [2.24, 2.45) is 0 Å². The van der Waals surface area contributed by atoms with E-state index in [4.69, 9.17) is 0 Å². The van der Waals surface area contributed by atoms with Crippen molar-refractivity contribution in [3.63, 3.8) is 0 Å². The molecule has 0 spiro atoms. The van der Waals surface area contributed by atoms with Crippen molar-refractivity contribution < 1.29 is 9.59 Å². The Hall–Kier alpha value is -2.83. The van der Waals surface area contributed by atoms with E-state index in [0.29, 0.717) is 19.6 Å². The van der Waals surface area contributed by atoms with Crippen LogP contribution in [0.4, 0.5) is 10.5 Å². The van der Waals surface area contributed by atoms with Gasteiger partial charge < -0.3 is 15.1 Å². The summed E-state index contributed by atoms with van der Waals surface area (Å²) in [5, 5.41) is 7.07. The van der Waals surface area contributed by atoms with Gasteiger partial charge in [0, 0.05) is 37.2 Å². The molecule has 3 rings (SSSR count). The van der Waals surface area contributed by atoms with Crippen LogP contribution in [-0.2, 0) is 11.3 Å². The Morgan fingerprint density at radius 3 is 2.58 bits per heavy atom. The van der Waals surface area contributed by atoms with E-state index in [0.717, 1.165) is 16.8 Å². The zero-order valence-corrected chi connectivity index (χ0v) is 15.5. The predicted molar refractivity (Wildman–Crippen MR) is 100 cm³/mol. The molecule has 1 saturated heterocycles. The van der Waals surface area contributed by atoms with Crippen LogP contribution in [0.3, 0.4) is 0 Å². The number of urea groups is 1. The highest BCUT2D eigenvalue weighted by atomic mass is 16.2. The highest BCUT2D eigenvalue weighted by molar-refractivity contribution is 5.97. The van der Waals surface area contributed by atoms with E-state index in [1.54, 1.807) is 20.7 Å². The molecule has 1 fully saturated rings. The molecule has 1 aliphatic heterocycles. The van der Waals surface area contributed by atoms with E-state index in [-0.39, 0.29) is 24.5 Å². The molecule has 0 saturated carbocycles. The highest BCUT2D eigenvalue weighted by Gasteiger charge is 2.28.